The predicted molar refractivity (Wildman–Crippen MR) is 82.6 cm³/mol. The van der Waals surface area contributed by atoms with Gasteiger partial charge in [0, 0.05) is 24.3 Å². The number of benzene rings is 1. The van der Waals surface area contributed by atoms with Gasteiger partial charge >= 0.3 is 5.97 Å². The molecule has 0 aliphatic rings. The third-order valence-electron chi connectivity index (χ3n) is 3.39. The van der Waals surface area contributed by atoms with Crippen molar-refractivity contribution >= 4 is 17.6 Å². The van der Waals surface area contributed by atoms with Crippen molar-refractivity contribution in [2.75, 3.05) is 0 Å². The number of nitrogens with zero attached hydrogens (tertiary/aromatic N) is 1. The molecule has 7 heteroatoms. The van der Waals surface area contributed by atoms with Crippen molar-refractivity contribution in [2.24, 2.45) is 0 Å². The molecule has 1 heterocycles. The second kappa shape index (κ2) is 7.48. The number of nitrogens with one attached hydrogen (secondary N) is 1. The third kappa shape index (κ3) is 4.24. The number of carboxylic acids is 1. The highest BCUT2D eigenvalue weighted by Gasteiger charge is 2.20. The fourth-order valence-electron chi connectivity index (χ4n) is 2.19. The van der Waals surface area contributed by atoms with Gasteiger partial charge in [0.15, 0.2) is 0 Å². The van der Waals surface area contributed by atoms with Crippen LogP contribution in [0.1, 0.15) is 28.4 Å². The summed E-state index contributed by atoms with van der Waals surface area (Å²) in [6.07, 6.45) is 1.79. The lowest BCUT2D eigenvalue weighted by atomic mass is 10.0. The summed E-state index contributed by atoms with van der Waals surface area (Å²) in [5, 5.41) is 12.4. The summed E-state index contributed by atoms with van der Waals surface area (Å²) in [5.74, 6) is -3.74. The Kier molecular flexibility index (Phi) is 5.63. The summed E-state index contributed by atoms with van der Waals surface area (Å²) in [6, 6.07) is 5.62. The van der Waals surface area contributed by atoms with Crippen molar-refractivity contribution in [1.82, 2.24) is 10.3 Å². The van der Waals surface area contributed by atoms with Gasteiger partial charge < -0.3 is 10.4 Å². The van der Waals surface area contributed by atoms with Gasteiger partial charge in [-0.25, -0.2) is 18.6 Å². The Morgan fingerprint density at radius 1 is 1.35 bits per heavy atom. The van der Waals surface area contributed by atoms with E-state index in [0.717, 1.165) is 11.6 Å². The van der Waals surface area contributed by atoms with E-state index in [9.17, 15) is 13.6 Å². The maximum Gasteiger partial charge on any atom is 0.341 e. The number of aromatic carboxylic acids is 1. The van der Waals surface area contributed by atoms with E-state index in [1.165, 1.54) is 6.07 Å². The Labute approximate surface area is 137 Å². The summed E-state index contributed by atoms with van der Waals surface area (Å²) in [4.78, 5) is 14.9. The van der Waals surface area contributed by atoms with E-state index in [0.29, 0.717) is 11.7 Å². The minimum Gasteiger partial charge on any atom is -0.477 e. The number of rotatable bonds is 6. The van der Waals surface area contributed by atoms with Crippen molar-refractivity contribution in [1.29, 1.82) is 0 Å². The largest absolute Gasteiger partial charge is 0.477 e. The van der Waals surface area contributed by atoms with E-state index < -0.39 is 23.2 Å². The van der Waals surface area contributed by atoms with Gasteiger partial charge in [-0.2, -0.15) is 0 Å². The molecule has 0 bridgehead atoms. The van der Waals surface area contributed by atoms with Crippen LogP contribution in [0.25, 0.3) is 0 Å². The number of carbonyl (C=O) groups is 1. The van der Waals surface area contributed by atoms with Crippen molar-refractivity contribution in [2.45, 2.75) is 25.9 Å². The molecule has 0 saturated carbocycles. The van der Waals surface area contributed by atoms with E-state index in [1.807, 2.05) is 13.0 Å². The van der Waals surface area contributed by atoms with E-state index in [1.54, 1.807) is 12.3 Å². The lowest BCUT2D eigenvalue weighted by Gasteiger charge is -2.15. The zero-order valence-corrected chi connectivity index (χ0v) is 13.1. The van der Waals surface area contributed by atoms with Crippen LogP contribution in [0.5, 0.6) is 0 Å². The summed E-state index contributed by atoms with van der Waals surface area (Å²) >= 11 is 5.95. The Hall–Kier alpha value is -2.05. The first-order chi connectivity index (χ1) is 10.9. The molecule has 4 nitrogen and oxygen atoms in total. The second-order valence-electron chi connectivity index (χ2n) is 5.14. The molecule has 0 fully saturated rings. The number of pyridine rings is 1. The van der Waals surface area contributed by atoms with Crippen LogP contribution in [-0.4, -0.2) is 22.1 Å². The Morgan fingerprint density at radius 2 is 2.09 bits per heavy atom. The van der Waals surface area contributed by atoms with Crippen LogP contribution < -0.4 is 5.32 Å². The molecule has 1 aromatic carbocycles. The van der Waals surface area contributed by atoms with Crippen LogP contribution in [0.4, 0.5) is 8.78 Å². The van der Waals surface area contributed by atoms with Gasteiger partial charge in [0.25, 0.3) is 0 Å². The van der Waals surface area contributed by atoms with E-state index in [4.69, 9.17) is 16.7 Å². The molecule has 122 valence electrons. The van der Waals surface area contributed by atoms with Crippen molar-refractivity contribution in [3.63, 3.8) is 0 Å². The van der Waals surface area contributed by atoms with Crippen LogP contribution in [0.3, 0.4) is 0 Å². The molecule has 0 aliphatic heterocycles. The van der Waals surface area contributed by atoms with Gasteiger partial charge in [0.2, 0.25) is 0 Å². The van der Waals surface area contributed by atoms with Gasteiger partial charge in [-0.3, -0.25) is 0 Å². The zero-order valence-electron chi connectivity index (χ0n) is 12.3. The average molecular weight is 341 g/mol. The van der Waals surface area contributed by atoms with Gasteiger partial charge in [-0.15, -0.1) is 0 Å². The average Bonchev–Trinajstić information content (AvgIpc) is 2.49. The molecule has 0 radical (unpaired) electrons. The van der Waals surface area contributed by atoms with E-state index in [-0.39, 0.29) is 18.0 Å². The number of carboxylic acid groups (broad SMARTS) is 1. The van der Waals surface area contributed by atoms with Gasteiger partial charge in [0.05, 0.1) is 0 Å². The first-order valence-electron chi connectivity index (χ1n) is 6.93. The van der Waals surface area contributed by atoms with Gasteiger partial charge in [0.1, 0.15) is 22.4 Å². The van der Waals surface area contributed by atoms with Crippen LogP contribution in [-0.2, 0) is 13.0 Å². The molecule has 1 aromatic heterocycles. The minimum atomic E-state index is -1.62. The molecule has 2 aromatic rings. The lowest BCUT2D eigenvalue weighted by Crippen LogP contribution is -2.28. The number of halogens is 3. The van der Waals surface area contributed by atoms with Crippen LogP contribution in [0.15, 0.2) is 30.5 Å². The van der Waals surface area contributed by atoms with Crippen molar-refractivity contribution < 1.29 is 18.7 Å². The molecule has 0 amide bonds. The Bertz CT molecular complexity index is 725. The number of hydrogen-bond acceptors (Lipinski definition) is 3. The Morgan fingerprint density at radius 3 is 2.74 bits per heavy atom. The standard InChI is InChI=1S/C16H15ClF2N2O2/c1-9(21-8-11-3-2-6-20-15(11)17)7-10-4-5-12(18)13(14(10)19)16(22)23/h2-6,9,21H,7-8H2,1H3,(H,22,23). The van der Waals surface area contributed by atoms with Gasteiger partial charge in [-0.05, 0) is 31.0 Å². The topological polar surface area (TPSA) is 62.2 Å². The molecule has 2 N–H and O–H groups in total. The monoisotopic (exact) mass is 340 g/mol. The Balaban J connectivity index is 2.06. The lowest BCUT2D eigenvalue weighted by molar-refractivity contribution is 0.0686. The fourth-order valence-corrected chi connectivity index (χ4v) is 2.37. The van der Waals surface area contributed by atoms with Crippen molar-refractivity contribution in [3.05, 3.63) is 63.9 Å². The zero-order chi connectivity index (χ0) is 17.0. The molecule has 1 atom stereocenters. The highest BCUT2D eigenvalue weighted by Crippen LogP contribution is 2.19. The molecule has 2 rings (SSSR count). The van der Waals surface area contributed by atoms with Crippen LogP contribution >= 0.6 is 11.6 Å². The van der Waals surface area contributed by atoms with Gasteiger partial charge in [-0.1, -0.05) is 23.7 Å². The summed E-state index contributed by atoms with van der Waals surface area (Å²) < 4.78 is 27.5. The second-order valence-corrected chi connectivity index (χ2v) is 5.50. The predicted octanol–water partition coefficient (Wildman–Crippen LogP) is 3.43. The van der Waals surface area contributed by atoms with Crippen LogP contribution in [0.2, 0.25) is 5.15 Å². The third-order valence-corrected chi connectivity index (χ3v) is 3.73. The molecular weight excluding hydrogens is 326 g/mol. The summed E-state index contributed by atoms with van der Waals surface area (Å²) in [7, 11) is 0. The SMILES string of the molecule is CC(Cc1ccc(F)c(C(=O)O)c1F)NCc1cccnc1Cl. The smallest absolute Gasteiger partial charge is 0.341 e. The first-order valence-corrected chi connectivity index (χ1v) is 7.31. The highest BCUT2D eigenvalue weighted by atomic mass is 35.5. The molecule has 0 saturated heterocycles. The molecule has 23 heavy (non-hydrogen) atoms. The molecule has 0 aliphatic carbocycles. The summed E-state index contributed by atoms with van der Waals surface area (Å²) in [6.45, 7) is 2.25. The normalized spacial score (nSPS) is 12.2. The maximum absolute atomic E-state index is 14.1. The van der Waals surface area contributed by atoms with Crippen LogP contribution in [0, 0.1) is 11.6 Å². The number of hydrogen-bond donors (Lipinski definition) is 2. The quantitative estimate of drug-likeness (QED) is 0.791. The number of aromatic nitrogens is 1. The first kappa shape index (κ1) is 17.3. The van der Waals surface area contributed by atoms with E-state index >= 15 is 0 Å². The molecular formula is C16H15ClF2N2O2. The van der Waals surface area contributed by atoms with E-state index in [2.05, 4.69) is 10.3 Å². The summed E-state index contributed by atoms with van der Waals surface area (Å²) in [5.41, 5.74) is 0.0120. The fraction of sp³-hybridized carbons (Fsp3) is 0.250. The molecule has 0 spiro atoms. The highest BCUT2D eigenvalue weighted by molar-refractivity contribution is 6.30. The maximum atomic E-state index is 14.1. The molecule has 1 unspecified atom stereocenters. The minimum absolute atomic E-state index is 0.140. The van der Waals surface area contributed by atoms with Crippen molar-refractivity contribution in [3.8, 4) is 0 Å².